The van der Waals surface area contributed by atoms with Crippen molar-refractivity contribution in [3.05, 3.63) is 17.5 Å². The highest BCUT2D eigenvalue weighted by Crippen LogP contribution is 2.30. The molecule has 0 bridgehead atoms. The molecule has 3 rings (SSSR count). The first-order chi connectivity index (χ1) is 14.0. The number of rotatable bonds is 7. The molecule has 0 unspecified atom stereocenters. The Morgan fingerprint density at radius 3 is 2.00 bits per heavy atom. The highest BCUT2D eigenvalue weighted by molar-refractivity contribution is 7.99. The molecular weight excluding hydrogens is 386 g/mol. The Morgan fingerprint density at radius 2 is 1.48 bits per heavy atom. The fourth-order valence-corrected chi connectivity index (χ4v) is 5.31. The van der Waals surface area contributed by atoms with E-state index >= 15 is 0 Å². The molecule has 2 aliphatic rings. The summed E-state index contributed by atoms with van der Waals surface area (Å²) in [7, 11) is 0. The molecule has 0 saturated heterocycles. The van der Waals surface area contributed by atoms with Gasteiger partial charge in [0.1, 0.15) is 0 Å². The molecule has 0 spiro atoms. The maximum atomic E-state index is 13.0. The lowest BCUT2D eigenvalue weighted by molar-refractivity contribution is -0.153. The van der Waals surface area contributed by atoms with Gasteiger partial charge in [-0.3, -0.25) is 9.59 Å². The predicted molar refractivity (Wildman–Crippen MR) is 114 cm³/mol. The lowest BCUT2D eigenvalue weighted by Gasteiger charge is -2.41. The third kappa shape index (κ3) is 6.69. The number of carbonyl (C=O) groups is 2. The van der Waals surface area contributed by atoms with E-state index in [1.807, 2.05) is 19.9 Å². The molecule has 1 amide bonds. The van der Waals surface area contributed by atoms with Crippen molar-refractivity contribution in [1.29, 1.82) is 0 Å². The molecule has 0 radical (unpaired) electrons. The number of hydrogen-bond donors (Lipinski definition) is 0. The lowest BCUT2D eigenvalue weighted by atomic mass is 9.88. The maximum Gasteiger partial charge on any atom is 0.316 e. The zero-order chi connectivity index (χ0) is 20.6. The Morgan fingerprint density at radius 1 is 0.966 bits per heavy atom. The van der Waals surface area contributed by atoms with Gasteiger partial charge in [-0.05, 0) is 45.6 Å². The first-order valence-electron chi connectivity index (χ1n) is 10.9. The van der Waals surface area contributed by atoms with Gasteiger partial charge < -0.3 is 9.64 Å². The van der Waals surface area contributed by atoms with Gasteiger partial charge in [0, 0.05) is 23.5 Å². The van der Waals surface area contributed by atoms with Crippen molar-refractivity contribution < 1.29 is 14.3 Å². The van der Waals surface area contributed by atoms with E-state index in [0.29, 0.717) is 17.2 Å². The number of thioether (sulfide) groups is 1. The third-order valence-corrected chi connectivity index (χ3v) is 6.68. The Labute approximate surface area is 178 Å². The van der Waals surface area contributed by atoms with Gasteiger partial charge >= 0.3 is 5.97 Å². The van der Waals surface area contributed by atoms with Gasteiger partial charge in [-0.15, -0.1) is 0 Å². The fourth-order valence-electron chi connectivity index (χ4n) is 4.56. The first kappa shape index (κ1) is 22.1. The predicted octanol–water partition coefficient (Wildman–Crippen LogP) is 4.22. The summed E-state index contributed by atoms with van der Waals surface area (Å²) in [5, 5.41) is 0.566. The molecule has 0 atom stereocenters. The molecule has 0 aliphatic heterocycles. The van der Waals surface area contributed by atoms with E-state index in [-0.39, 0.29) is 18.3 Å². The summed E-state index contributed by atoms with van der Waals surface area (Å²) >= 11 is 1.25. The van der Waals surface area contributed by atoms with Gasteiger partial charge in [0.25, 0.3) is 5.91 Å². The molecule has 7 heteroatoms. The van der Waals surface area contributed by atoms with E-state index in [2.05, 4.69) is 14.9 Å². The zero-order valence-electron chi connectivity index (χ0n) is 17.7. The largest absolute Gasteiger partial charge is 0.455 e. The number of hydrogen-bond acceptors (Lipinski definition) is 6. The van der Waals surface area contributed by atoms with Crippen molar-refractivity contribution in [3.63, 3.8) is 0 Å². The SMILES string of the molecule is Cc1cc(C)nc(SCC(=O)OCC(=O)N(C2CCCCC2)C2CCCCC2)n1. The van der Waals surface area contributed by atoms with Crippen LogP contribution in [0.5, 0.6) is 0 Å². The van der Waals surface area contributed by atoms with Crippen LogP contribution >= 0.6 is 11.8 Å². The van der Waals surface area contributed by atoms with Crippen LogP contribution < -0.4 is 0 Å². The minimum atomic E-state index is -0.390. The first-order valence-corrected chi connectivity index (χ1v) is 11.9. The number of carbonyl (C=O) groups excluding carboxylic acids is 2. The number of esters is 1. The Hall–Kier alpha value is -1.63. The number of ether oxygens (including phenoxy) is 1. The Kier molecular flexibility index (Phi) is 8.33. The molecule has 29 heavy (non-hydrogen) atoms. The third-order valence-electron chi connectivity index (χ3n) is 5.86. The molecule has 2 saturated carbocycles. The molecule has 2 fully saturated rings. The summed E-state index contributed by atoms with van der Waals surface area (Å²) in [6, 6.07) is 2.53. The molecule has 1 aromatic rings. The van der Waals surface area contributed by atoms with Gasteiger partial charge in [0.15, 0.2) is 11.8 Å². The number of amides is 1. The average molecular weight is 420 g/mol. The monoisotopic (exact) mass is 419 g/mol. The van der Waals surface area contributed by atoms with Gasteiger partial charge in [0.05, 0.1) is 5.75 Å². The molecule has 1 aromatic heterocycles. The van der Waals surface area contributed by atoms with E-state index in [1.165, 1.54) is 50.3 Å². The fraction of sp³-hybridized carbons (Fsp3) is 0.727. The van der Waals surface area contributed by atoms with Gasteiger partial charge in [-0.25, -0.2) is 9.97 Å². The van der Waals surface area contributed by atoms with Crippen molar-refractivity contribution in [2.24, 2.45) is 0 Å². The second kappa shape index (κ2) is 11.0. The molecule has 6 nitrogen and oxygen atoms in total. The van der Waals surface area contributed by atoms with Crippen LogP contribution in [0.1, 0.15) is 75.6 Å². The van der Waals surface area contributed by atoms with Crippen molar-refractivity contribution in [3.8, 4) is 0 Å². The smallest absolute Gasteiger partial charge is 0.316 e. The van der Waals surface area contributed by atoms with Crippen LogP contribution in [-0.2, 0) is 14.3 Å². The highest BCUT2D eigenvalue weighted by atomic mass is 32.2. The van der Waals surface area contributed by atoms with Crippen LogP contribution in [0.3, 0.4) is 0 Å². The van der Waals surface area contributed by atoms with E-state index in [4.69, 9.17) is 4.74 Å². The van der Waals surface area contributed by atoms with E-state index in [9.17, 15) is 9.59 Å². The molecule has 2 aliphatic carbocycles. The molecular formula is C22H33N3O3S. The molecule has 0 aromatic carbocycles. The van der Waals surface area contributed by atoms with E-state index in [1.54, 1.807) is 0 Å². The zero-order valence-corrected chi connectivity index (χ0v) is 18.5. The van der Waals surface area contributed by atoms with Crippen LogP contribution in [0.4, 0.5) is 0 Å². The minimum absolute atomic E-state index is 0.0233. The average Bonchev–Trinajstić information content (AvgIpc) is 2.72. The Bertz CT molecular complexity index is 662. The normalized spacial score (nSPS) is 18.4. The topological polar surface area (TPSA) is 72.4 Å². The summed E-state index contributed by atoms with van der Waals surface area (Å²) in [6.07, 6.45) is 11.6. The van der Waals surface area contributed by atoms with Crippen molar-refractivity contribution in [2.75, 3.05) is 12.4 Å². The van der Waals surface area contributed by atoms with Crippen LogP contribution in [0.15, 0.2) is 11.2 Å². The van der Waals surface area contributed by atoms with Crippen LogP contribution in [0.25, 0.3) is 0 Å². The van der Waals surface area contributed by atoms with Crippen molar-refractivity contribution in [1.82, 2.24) is 14.9 Å². The summed E-state index contributed by atoms with van der Waals surface area (Å²) in [5.41, 5.74) is 1.75. The van der Waals surface area contributed by atoms with Crippen molar-refractivity contribution in [2.45, 2.75) is 95.3 Å². The molecule has 1 heterocycles. The van der Waals surface area contributed by atoms with Crippen LogP contribution in [0.2, 0.25) is 0 Å². The molecule has 0 N–H and O–H groups in total. The quantitative estimate of drug-likeness (QED) is 0.374. The van der Waals surface area contributed by atoms with Crippen LogP contribution in [-0.4, -0.2) is 51.2 Å². The second-order valence-electron chi connectivity index (χ2n) is 8.27. The number of aryl methyl sites for hydroxylation is 2. The number of aromatic nitrogens is 2. The van der Waals surface area contributed by atoms with Crippen molar-refractivity contribution >= 4 is 23.6 Å². The summed E-state index contributed by atoms with van der Waals surface area (Å²) in [4.78, 5) is 36.0. The Balaban J connectivity index is 1.52. The summed E-state index contributed by atoms with van der Waals surface area (Å²) < 4.78 is 5.34. The van der Waals surface area contributed by atoms with Crippen LogP contribution in [0, 0.1) is 13.8 Å². The lowest BCUT2D eigenvalue weighted by Crippen LogP contribution is -2.50. The van der Waals surface area contributed by atoms with Gasteiger partial charge in [-0.1, -0.05) is 50.3 Å². The van der Waals surface area contributed by atoms with E-state index in [0.717, 1.165) is 37.1 Å². The van der Waals surface area contributed by atoms with E-state index < -0.39 is 5.97 Å². The second-order valence-corrected chi connectivity index (χ2v) is 9.21. The summed E-state index contributed by atoms with van der Waals surface area (Å²) in [5.74, 6) is -0.300. The maximum absolute atomic E-state index is 13.0. The molecule has 160 valence electrons. The standard InChI is InChI=1S/C22H33N3O3S/c1-16-13-17(2)24-22(23-16)29-15-21(27)28-14-20(26)25(18-9-5-3-6-10-18)19-11-7-4-8-12-19/h13,18-19H,3-12,14-15H2,1-2H3. The minimum Gasteiger partial charge on any atom is -0.455 e. The number of nitrogens with zero attached hydrogens (tertiary/aromatic N) is 3. The van der Waals surface area contributed by atoms with Gasteiger partial charge in [0.2, 0.25) is 0 Å². The summed E-state index contributed by atoms with van der Waals surface area (Å²) in [6.45, 7) is 3.65. The van der Waals surface area contributed by atoms with Gasteiger partial charge in [-0.2, -0.15) is 0 Å². The highest BCUT2D eigenvalue weighted by Gasteiger charge is 2.32.